The minimum Gasteiger partial charge on any atom is -0.452 e. The fraction of sp³-hybridized carbons (Fsp3) is 0.368. The third kappa shape index (κ3) is 5.16. The zero-order chi connectivity index (χ0) is 17.6. The Balaban J connectivity index is 1.53. The van der Waals surface area contributed by atoms with E-state index in [1.54, 1.807) is 6.92 Å². The molecule has 0 spiro atoms. The van der Waals surface area contributed by atoms with E-state index >= 15 is 0 Å². The van der Waals surface area contributed by atoms with Crippen LogP contribution in [0.3, 0.4) is 0 Å². The van der Waals surface area contributed by atoms with Crippen molar-refractivity contribution >= 4 is 51.9 Å². The summed E-state index contributed by atoms with van der Waals surface area (Å²) in [5, 5.41) is 5.28. The van der Waals surface area contributed by atoms with Gasteiger partial charge in [0, 0.05) is 28.2 Å². The summed E-state index contributed by atoms with van der Waals surface area (Å²) in [6.07, 6.45) is -0.439. The molecule has 0 unspecified atom stereocenters. The van der Waals surface area contributed by atoms with Crippen LogP contribution in [0, 0.1) is 0 Å². The highest BCUT2D eigenvalue weighted by Gasteiger charge is 2.22. The molecule has 2 aromatic rings. The summed E-state index contributed by atoms with van der Waals surface area (Å²) in [5.41, 5.74) is 0.700. The van der Waals surface area contributed by atoms with Crippen molar-refractivity contribution in [2.75, 3.05) is 22.6 Å². The summed E-state index contributed by atoms with van der Waals surface area (Å²) in [5.74, 6) is 2.56. The molecule has 6 heteroatoms. The van der Waals surface area contributed by atoms with Gasteiger partial charge >= 0.3 is 5.97 Å². The topological polar surface area (TPSA) is 55.4 Å². The highest BCUT2D eigenvalue weighted by Crippen LogP contribution is 2.26. The molecule has 2 aromatic carbocycles. The average molecular weight is 376 g/mol. The number of carbonyl (C=O) groups is 2. The second-order valence-electron chi connectivity index (χ2n) is 5.96. The molecule has 1 aliphatic heterocycles. The van der Waals surface area contributed by atoms with E-state index < -0.39 is 6.10 Å². The molecule has 0 radical (unpaired) electrons. The quantitative estimate of drug-likeness (QED) is 0.802. The Bertz CT molecular complexity index is 759. The highest BCUT2D eigenvalue weighted by atomic mass is 32.2. The zero-order valence-electron chi connectivity index (χ0n) is 14.1. The van der Waals surface area contributed by atoms with Crippen LogP contribution in [0.5, 0.6) is 0 Å². The van der Waals surface area contributed by atoms with Gasteiger partial charge in [-0.05, 0) is 29.8 Å². The van der Waals surface area contributed by atoms with Gasteiger partial charge in [-0.25, -0.2) is 0 Å². The third-order valence-electron chi connectivity index (χ3n) is 3.97. The first-order valence-corrected chi connectivity index (χ1v) is 10.5. The Hall–Kier alpha value is -1.66. The van der Waals surface area contributed by atoms with Gasteiger partial charge in [-0.3, -0.25) is 9.59 Å². The largest absolute Gasteiger partial charge is 0.452 e. The molecule has 3 rings (SSSR count). The summed E-state index contributed by atoms with van der Waals surface area (Å²) < 4.78 is 5.30. The van der Waals surface area contributed by atoms with Gasteiger partial charge in [0.25, 0.3) is 5.91 Å². The van der Waals surface area contributed by atoms with Crippen molar-refractivity contribution in [3.63, 3.8) is 0 Å². The molecule has 132 valence electrons. The Morgan fingerprint density at radius 1 is 1.20 bits per heavy atom. The van der Waals surface area contributed by atoms with Crippen LogP contribution in [0.4, 0.5) is 5.69 Å². The monoisotopic (exact) mass is 375 g/mol. The number of esters is 1. The highest BCUT2D eigenvalue weighted by molar-refractivity contribution is 8.06. The van der Waals surface area contributed by atoms with Crippen LogP contribution in [0.2, 0.25) is 0 Å². The first kappa shape index (κ1) is 18.1. The number of carbonyl (C=O) groups excluding carboxylic acids is 2. The molecule has 1 fully saturated rings. The summed E-state index contributed by atoms with van der Waals surface area (Å²) >= 11 is 3.67. The average Bonchev–Trinajstić information content (AvgIpc) is 2.62. The number of hydrogen-bond donors (Lipinski definition) is 1. The Labute approximate surface area is 156 Å². The Morgan fingerprint density at radius 2 is 2.00 bits per heavy atom. The molecule has 0 bridgehead atoms. The van der Waals surface area contributed by atoms with E-state index in [0.717, 1.165) is 28.0 Å². The Kier molecular flexibility index (Phi) is 6.26. The van der Waals surface area contributed by atoms with Crippen LogP contribution in [-0.4, -0.2) is 40.5 Å². The molecular weight excluding hydrogens is 354 g/mol. The smallest absolute Gasteiger partial charge is 0.307 e. The van der Waals surface area contributed by atoms with Gasteiger partial charge in [-0.2, -0.15) is 23.5 Å². The molecular formula is C19H21NO3S2. The Morgan fingerprint density at radius 3 is 2.76 bits per heavy atom. The van der Waals surface area contributed by atoms with Crippen molar-refractivity contribution in [1.82, 2.24) is 0 Å². The van der Waals surface area contributed by atoms with E-state index in [1.807, 2.05) is 66.0 Å². The van der Waals surface area contributed by atoms with Gasteiger partial charge in [0.2, 0.25) is 0 Å². The van der Waals surface area contributed by atoms with Crippen LogP contribution in [0.1, 0.15) is 13.3 Å². The van der Waals surface area contributed by atoms with Gasteiger partial charge in [-0.15, -0.1) is 0 Å². The number of hydrogen-bond acceptors (Lipinski definition) is 5. The van der Waals surface area contributed by atoms with Crippen LogP contribution < -0.4 is 5.32 Å². The molecule has 1 amide bonds. The first-order chi connectivity index (χ1) is 12.1. The number of nitrogens with one attached hydrogen (secondary N) is 1. The normalized spacial score (nSPS) is 18.5. The molecule has 25 heavy (non-hydrogen) atoms. The molecule has 1 saturated heterocycles. The fourth-order valence-electron chi connectivity index (χ4n) is 2.65. The van der Waals surface area contributed by atoms with E-state index in [4.69, 9.17) is 4.74 Å². The lowest BCUT2D eigenvalue weighted by molar-refractivity contribution is -0.153. The van der Waals surface area contributed by atoms with Crippen LogP contribution >= 0.6 is 23.5 Å². The van der Waals surface area contributed by atoms with Crippen molar-refractivity contribution in [2.24, 2.45) is 0 Å². The second-order valence-corrected chi connectivity index (χ2v) is 8.51. The van der Waals surface area contributed by atoms with E-state index in [9.17, 15) is 9.59 Å². The molecule has 1 heterocycles. The minimum atomic E-state index is -0.805. The van der Waals surface area contributed by atoms with E-state index in [-0.39, 0.29) is 11.9 Å². The molecule has 0 aromatic heterocycles. The van der Waals surface area contributed by atoms with Crippen molar-refractivity contribution in [1.29, 1.82) is 0 Å². The number of thioether (sulfide) groups is 2. The minimum absolute atomic E-state index is 0.294. The van der Waals surface area contributed by atoms with Gasteiger partial charge in [-0.1, -0.05) is 30.3 Å². The van der Waals surface area contributed by atoms with Crippen molar-refractivity contribution in [3.05, 3.63) is 42.5 Å². The lowest BCUT2D eigenvalue weighted by Crippen LogP contribution is -2.31. The van der Waals surface area contributed by atoms with Crippen molar-refractivity contribution in [2.45, 2.75) is 24.7 Å². The molecule has 0 aliphatic carbocycles. The maximum absolute atomic E-state index is 12.3. The van der Waals surface area contributed by atoms with Crippen molar-refractivity contribution < 1.29 is 14.3 Å². The molecule has 2 atom stereocenters. The van der Waals surface area contributed by atoms with E-state index in [1.165, 1.54) is 0 Å². The second kappa shape index (κ2) is 8.63. The third-order valence-corrected chi connectivity index (χ3v) is 6.82. The number of anilines is 1. The number of rotatable bonds is 5. The van der Waals surface area contributed by atoms with Crippen LogP contribution in [-0.2, 0) is 14.3 Å². The zero-order valence-corrected chi connectivity index (χ0v) is 15.7. The summed E-state index contributed by atoms with van der Waals surface area (Å²) in [7, 11) is 0. The SMILES string of the molecule is C[C@@H](OC(=O)C[C@H]1CSCCS1)C(=O)Nc1ccc2ccccc2c1. The molecule has 1 aliphatic rings. The fourth-order valence-corrected chi connectivity index (χ4v) is 5.31. The van der Waals surface area contributed by atoms with E-state index in [0.29, 0.717) is 17.4 Å². The number of fused-ring (bicyclic) bond motifs is 1. The number of benzene rings is 2. The maximum Gasteiger partial charge on any atom is 0.307 e. The predicted molar refractivity (Wildman–Crippen MR) is 106 cm³/mol. The van der Waals surface area contributed by atoms with Gasteiger partial charge < -0.3 is 10.1 Å². The lowest BCUT2D eigenvalue weighted by atomic mass is 10.1. The summed E-state index contributed by atoms with van der Waals surface area (Å²) in [6.45, 7) is 1.61. The van der Waals surface area contributed by atoms with Crippen LogP contribution in [0.25, 0.3) is 10.8 Å². The van der Waals surface area contributed by atoms with Crippen molar-refractivity contribution in [3.8, 4) is 0 Å². The van der Waals surface area contributed by atoms with Gasteiger partial charge in [0.15, 0.2) is 6.10 Å². The van der Waals surface area contributed by atoms with E-state index in [2.05, 4.69) is 5.32 Å². The molecule has 4 nitrogen and oxygen atoms in total. The standard InChI is InChI=1S/C19H21NO3S2/c1-13(23-18(21)11-17-12-24-8-9-25-17)19(22)20-16-7-6-14-4-2-3-5-15(14)10-16/h2-7,10,13,17H,8-9,11-12H2,1H3,(H,20,22)/t13-,17+/m1/s1. The maximum atomic E-state index is 12.3. The summed E-state index contributed by atoms with van der Waals surface area (Å²) in [4.78, 5) is 24.3. The predicted octanol–water partition coefficient (Wildman–Crippen LogP) is 3.95. The first-order valence-electron chi connectivity index (χ1n) is 8.30. The summed E-state index contributed by atoms with van der Waals surface area (Å²) in [6, 6.07) is 13.7. The molecule has 1 N–H and O–H groups in total. The van der Waals surface area contributed by atoms with Gasteiger partial charge in [0.1, 0.15) is 0 Å². The lowest BCUT2D eigenvalue weighted by Gasteiger charge is -2.21. The van der Waals surface area contributed by atoms with Gasteiger partial charge in [0.05, 0.1) is 6.42 Å². The number of amides is 1. The molecule has 0 saturated carbocycles. The van der Waals surface area contributed by atoms with Crippen LogP contribution in [0.15, 0.2) is 42.5 Å². The number of ether oxygens (including phenoxy) is 1.